The quantitative estimate of drug-likeness (QED) is 0.784. The summed E-state index contributed by atoms with van der Waals surface area (Å²) in [4.78, 5) is 11.7. The molecule has 1 fully saturated rings. The van der Waals surface area contributed by atoms with Crippen LogP contribution in [0.25, 0.3) is 0 Å². The Morgan fingerprint density at radius 2 is 2.12 bits per heavy atom. The highest BCUT2D eigenvalue weighted by atomic mass is 19.4. The number of hydrogen-bond donors (Lipinski definition) is 2. The molecule has 1 saturated heterocycles. The molecule has 1 rings (SSSR count). The summed E-state index contributed by atoms with van der Waals surface area (Å²) < 4.78 is 35.6. The van der Waals surface area contributed by atoms with E-state index in [0.29, 0.717) is 6.42 Å². The van der Waals surface area contributed by atoms with E-state index in [4.69, 9.17) is 0 Å². The minimum Gasteiger partial charge on any atom is -0.354 e. The van der Waals surface area contributed by atoms with E-state index in [1.54, 1.807) is 6.92 Å². The van der Waals surface area contributed by atoms with E-state index in [1.807, 2.05) is 0 Å². The Hall–Kier alpha value is -0.780. The van der Waals surface area contributed by atoms with Gasteiger partial charge < -0.3 is 10.6 Å². The average molecular weight is 238 g/mol. The van der Waals surface area contributed by atoms with Crippen molar-refractivity contribution in [3.8, 4) is 0 Å². The van der Waals surface area contributed by atoms with Crippen LogP contribution in [0.2, 0.25) is 0 Å². The first-order chi connectivity index (χ1) is 7.33. The van der Waals surface area contributed by atoms with E-state index >= 15 is 0 Å². The lowest BCUT2D eigenvalue weighted by Gasteiger charge is -2.33. The molecule has 0 aromatic rings. The zero-order valence-electron chi connectivity index (χ0n) is 9.28. The van der Waals surface area contributed by atoms with Crippen LogP contribution in [0, 0.1) is 0 Å². The van der Waals surface area contributed by atoms with Gasteiger partial charge >= 0.3 is 6.18 Å². The lowest BCUT2D eigenvalue weighted by atomic mass is 9.90. The summed E-state index contributed by atoms with van der Waals surface area (Å²) in [5.41, 5.74) is -0.705. The summed E-state index contributed by atoms with van der Waals surface area (Å²) in [7, 11) is 0. The summed E-state index contributed by atoms with van der Waals surface area (Å²) >= 11 is 0. The van der Waals surface area contributed by atoms with Crippen LogP contribution in [0.3, 0.4) is 0 Å². The minimum absolute atomic E-state index is 0.337. The third-order valence-electron chi connectivity index (χ3n) is 2.81. The molecular formula is C10H17F3N2O. The highest BCUT2D eigenvalue weighted by Crippen LogP contribution is 2.20. The summed E-state index contributed by atoms with van der Waals surface area (Å²) in [6.07, 6.45) is -2.59. The maximum atomic E-state index is 11.9. The summed E-state index contributed by atoms with van der Waals surface area (Å²) in [6, 6.07) is 0. The predicted octanol–water partition coefficient (Wildman–Crippen LogP) is 1.59. The first-order valence-corrected chi connectivity index (χ1v) is 5.44. The van der Waals surface area contributed by atoms with Gasteiger partial charge in [-0.05, 0) is 32.7 Å². The third kappa shape index (κ3) is 4.00. The van der Waals surface area contributed by atoms with Crippen LogP contribution in [-0.4, -0.2) is 30.7 Å². The average Bonchev–Trinajstić information content (AvgIpc) is 2.16. The maximum Gasteiger partial charge on any atom is 0.390 e. The molecule has 0 aliphatic carbocycles. The first-order valence-electron chi connectivity index (χ1n) is 5.44. The molecule has 0 radical (unpaired) electrons. The van der Waals surface area contributed by atoms with Gasteiger partial charge in [0.2, 0.25) is 5.91 Å². The molecule has 6 heteroatoms. The second-order valence-corrected chi connectivity index (χ2v) is 4.34. The van der Waals surface area contributed by atoms with Crippen molar-refractivity contribution in [2.45, 2.75) is 44.3 Å². The van der Waals surface area contributed by atoms with Crippen molar-refractivity contribution < 1.29 is 18.0 Å². The van der Waals surface area contributed by atoms with Crippen molar-refractivity contribution in [1.29, 1.82) is 0 Å². The Morgan fingerprint density at radius 3 is 2.62 bits per heavy atom. The summed E-state index contributed by atoms with van der Waals surface area (Å²) in [5, 5.41) is 5.38. The SMILES string of the molecule is CC1(C(=O)NCCC(F)(F)F)CCCCN1. The fourth-order valence-corrected chi connectivity index (χ4v) is 1.76. The molecule has 3 nitrogen and oxygen atoms in total. The number of rotatable bonds is 3. The van der Waals surface area contributed by atoms with E-state index in [0.717, 1.165) is 19.4 Å². The summed E-state index contributed by atoms with van der Waals surface area (Å²) in [5.74, 6) is -0.337. The zero-order valence-corrected chi connectivity index (χ0v) is 9.28. The standard InChI is InChI=1S/C10H17F3N2O/c1-9(4-2-3-6-15-9)8(16)14-7-5-10(11,12)13/h15H,2-7H2,1H3,(H,14,16). The largest absolute Gasteiger partial charge is 0.390 e. The molecule has 1 atom stereocenters. The molecule has 2 N–H and O–H groups in total. The maximum absolute atomic E-state index is 11.9. The van der Waals surface area contributed by atoms with Gasteiger partial charge in [-0.3, -0.25) is 4.79 Å². The molecule has 0 saturated carbocycles. The van der Waals surface area contributed by atoms with Gasteiger partial charge in [-0.25, -0.2) is 0 Å². The van der Waals surface area contributed by atoms with Crippen LogP contribution in [0.5, 0.6) is 0 Å². The van der Waals surface area contributed by atoms with Gasteiger partial charge in [0.25, 0.3) is 0 Å². The number of halogens is 3. The zero-order chi connectivity index (χ0) is 12.2. The molecule has 0 bridgehead atoms. The fourth-order valence-electron chi connectivity index (χ4n) is 1.76. The lowest BCUT2D eigenvalue weighted by Crippen LogP contribution is -2.57. The normalized spacial score (nSPS) is 26.5. The van der Waals surface area contributed by atoms with Gasteiger partial charge in [0.05, 0.1) is 12.0 Å². The van der Waals surface area contributed by atoms with Gasteiger partial charge in [-0.15, -0.1) is 0 Å². The molecule has 1 heterocycles. The molecule has 0 spiro atoms. The topological polar surface area (TPSA) is 41.1 Å². The van der Waals surface area contributed by atoms with Crippen molar-refractivity contribution in [2.75, 3.05) is 13.1 Å². The van der Waals surface area contributed by atoms with Crippen LogP contribution in [0.15, 0.2) is 0 Å². The monoisotopic (exact) mass is 238 g/mol. The van der Waals surface area contributed by atoms with Crippen LogP contribution < -0.4 is 10.6 Å². The number of amides is 1. The van der Waals surface area contributed by atoms with Crippen molar-refractivity contribution >= 4 is 5.91 Å². The van der Waals surface area contributed by atoms with Crippen molar-refractivity contribution in [3.63, 3.8) is 0 Å². The number of hydrogen-bond acceptors (Lipinski definition) is 2. The van der Waals surface area contributed by atoms with E-state index in [9.17, 15) is 18.0 Å². The highest BCUT2D eigenvalue weighted by molar-refractivity contribution is 5.85. The van der Waals surface area contributed by atoms with Gasteiger partial charge in [0.1, 0.15) is 0 Å². The van der Waals surface area contributed by atoms with E-state index < -0.39 is 18.1 Å². The molecule has 16 heavy (non-hydrogen) atoms. The van der Waals surface area contributed by atoms with E-state index in [2.05, 4.69) is 10.6 Å². The number of nitrogens with one attached hydrogen (secondary N) is 2. The first kappa shape index (κ1) is 13.3. The van der Waals surface area contributed by atoms with Crippen LogP contribution in [0.1, 0.15) is 32.6 Å². The van der Waals surface area contributed by atoms with Crippen LogP contribution in [-0.2, 0) is 4.79 Å². The lowest BCUT2D eigenvalue weighted by molar-refractivity contribution is -0.137. The molecular weight excluding hydrogens is 221 g/mol. The van der Waals surface area contributed by atoms with Crippen LogP contribution >= 0.6 is 0 Å². The molecule has 1 unspecified atom stereocenters. The molecule has 94 valence electrons. The van der Waals surface area contributed by atoms with Gasteiger partial charge in [0.15, 0.2) is 0 Å². The smallest absolute Gasteiger partial charge is 0.354 e. The number of piperidine rings is 1. The Kier molecular flexibility index (Phi) is 4.18. The van der Waals surface area contributed by atoms with E-state index in [1.165, 1.54) is 0 Å². The molecule has 0 aromatic carbocycles. The highest BCUT2D eigenvalue weighted by Gasteiger charge is 2.34. The van der Waals surface area contributed by atoms with Gasteiger partial charge in [-0.1, -0.05) is 0 Å². The number of carbonyl (C=O) groups excluding carboxylic acids is 1. The Bertz CT molecular complexity index is 247. The Balaban J connectivity index is 2.34. The second-order valence-electron chi connectivity index (χ2n) is 4.34. The molecule has 0 aromatic heterocycles. The second kappa shape index (κ2) is 5.03. The predicted molar refractivity (Wildman–Crippen MR) is 53.9 cm³/mol. The van der Waals surface area contributed by atoms with Crippen molar-refractivity contribution in [1.82, 2.24) is 10.6 Å². The number of carbonyl (C=O) groups is 1. The molecule has 1 amide bonds. The summed E-state index contributed by atoms with van der Waals surface area (Å²) in [6.45, 7) is 2.12. The van der Waals surface area contributed by atoms with Gasteiger partial charge in [-0.2, -0.15) is 13.2 Å². The van der Waals surface area contributed by atoms with Crippen molar-refractivity contribution in [3.05, 3.63) is 0 Å². The fraction of sp³-hybridized carbons (Fsp3) is 0.900. The minimum atomic E-state index is -4.21. The molecule has 1 aliphatic rings. The van der Waals surface area contributed by atoms with Crippen molar-refractivity contribution in [2.24, 2.45) is 0 Å². The molecule has 1 aliphatic heterocycles. The van der Waals surface area contributed by atoms with Gasteiger partial charge in [0, 0.05) is 6.54 Å². The third-order valence-corrected chi connectivity index (χ3v) is 2.81. The number of alkyl halides is 3. The Morgan fingerprint density at radius 1 is 1.44 bits per heavy atom. The Labute approximate surface area is 92.8 Å². The van der Waals surface area contributed by atoms with Crippen LogP contribution in [0.4, 0.5) is 13.2 Å². The van der Waals surface area contributed by atoms with E-state index in [-0.39, 0.29) is 12.5 Å².